The fourth-order valence-corrected chi connectivity index (χ4v) is 1.23. The lowest BCUT2D eigenvalue weighted by molar-refractivity contribution is 0.0128. The van der Waals surface area contributed by atoms with Crippen LogP contribution in [0.15, 0.2) is 24.3 Å². The number of anilines is 1. The zero-order valence-electron chi connectivity index (χ0n) is 9.21. The molecule has 1 aromatic rings. The summed E-state index contributed by atoms with van der Waals surface area (Å²) < 4.78 is 0. The highest BCUT2D eigenvalue weighted by atomic mass is 16.3. The molecule has 1 unspecified atom stereocenters. The number of nitrogen functional groups attached to an aromatic ring is 1. The molecule has 0 spiro atoms. The minimum absolute atomic E-state index is 0.341. The monoisotopic (exact) mass is 240 g/mol. The van der Waals surface area contributed by atoms with E-state index in [-0.39, 0.29) is 0 Å². The van der Waals surface area contributed by atoms with Gasteiger partial charge in [0.25, 0.3) is 5.91 Å². The Hall–Kier alpha value is -1.63. The minimum Gasteiger partial charge on any atom is -0.399 e. The maximum atomic E-state index is 11.6. The molecule has 0 aliphatic heterocycles. The molecule has 6 nitrogen and oxygen atoms in total. The quantitative estimate of drug-likeness (QED) is 0.331. The van der Waals surface area contributed by atoms with Gasteiger partial charge in [-0.3, -0.25) is 4.79 Å². The molecule has 1 rings (SSSR count). The Morgan fingerprint density at radius 2 is 1.76 bits per heavy atom. The summed E-state index contributed by atoms with van der Waals surface area (Å²) in [5, 5.41) is 29.4. The van der Waals surface area contributed by atoms with Crippen LogP contribution >= 0.6 is 0 Å². The van der Waals surface area contributed by atoms with Gasteiger partial charge in [-0.05, 0) is 24.3 Å². The van der Waals surface area contributed by atoms with E-state index < -0.39 is 31.3 Å². The van der Waals surface area contributed by atoms with E-state index in [0.717, 1.165) is 0 Å². The second-order valence-corrected chi connectivity index (χ2v) is 3.67. The van der Waals surface area contributed by atoms with Crippen LogP contribution in [-0.4, -0.2) is 40.7 Å². The van der Waals surface area contributed by atoms with Crippen LogP contribution in [0.3, 0.4) is 0 Å². The summed E-state index contributed by atoms with van der Waals surface area (Å²) in [6.45, 7) is -0.834. The molecule has 1 aromatic carbocycles. The number of benzene rings is 1. The average Bonchev–Trinajstić information content (AvgIpc) is 2.31. The summed E-state index contributed by atoms with van der Waals surface area (Å²) in [7, 11) is 0. The largest absolute Gasteiger partial charge is 0.399 e. The van der Waals surface area contributed by atoms with Gasteiger partial charge < -0.3 is 26.4 Å². The first kappa shape index (κ1) is 13.4. The molecule has 17 heavy (non-hydrogen) atoms. The maximum Gasteiger partial charge on any atom is 0.253 e. The van der Waals surface area contributed by atoms with Gasteiger partial charge in [0.1, 0.15) is 6.23 Å². The van der Waals surface area contributed by atoms with Crippen molar-refractivity contribution in [3.63, 3.8) is 0 Å². The Kier molecular flexibility index (Phi) is 4.89. The number of carbonyl (C=O) groups is 1. The van der Waals surface area contributed by atoms with Crippen LogP contribution in [0.4, 0.5) is 5.69 Å². The summed E-state index contributed by atoms with van der Waals surface area (Å²) in [5.74, 6) is -1.29. The van der Waals surface area contributed by atoms with Crippen molar-refractivity contribution in [3.05, 3.63) is 29.8 Å². The van der Waals surface area contributed by atoms with Gasteiger partial charge in [0.05, 0.1) is 13.2 Å². The number of nitrogens with two attached hydrogens (primary N) is 1. The van der Waals surface area contributed by atoms with Crippen molar-refractivity contribution in [3.8, 4) is 0 Å². The molecule has 1 atom stereocenters. The van der Waals surface area contributed by atoms with Gasteiger partial charge in [0.15, 0.2) is 0 Å². The van der Waals surface area contributed by atoms with Crippen LogP contribution in [0.1, 0.15) is 10.4 Å². The second kappa shape index (κ2) is 6.19. The first-order valence-electron chi connectivity index (χ1n) is 5.14. The summed E-state index contributed by atoms with van der Waals surface area (Å²) in [6, 6.07) is 6.17. The first-order chi connectivity index (χ1) is 8.08. The zero-order valence-corrected chi connectivity index (χ0v) is 9.21. The topological polar surface area (TPSA) is 116 Å². The van der Waals surface area contributed by atoms with E-state index in [1.165, 1.54) is 12.1 Å². The predicted molar refractivity (Wildman–Crippen MR) is 62.0 cm³/mol. The molecule has 6 N–H and O–H groups in total. The minimum atomic E-state index is -1.30. The normalized spacial score (nSPS) is 12.5. The molecule has 0 radical (unpaired) electrons. The number of aliphatic hydroxyl groups excluding tert-OH is 3. The molecule has 6 heteroatoms. The first-order valence-corrected chi connectivity index (χ1v) is 5.14. The van der Waals surface area contributed by atoms with Crippen molar-refractivity contribution in [2.24, 2.45) is 5.92 Å². The van der Waals surface area contributed by atoms with Crippen molar-refractivity contribution in [1.82, 2.24) is 5.32 Å². The van der Waals surface area contributed by atoms with Gasteiger partial charge in [0, 0.05) is 17.2 Å². The predicted octanol–water partition coefficient (Wildman–Crippen LogP) is -1.08. The van der Waals surface area contributed by atoms with Gasteiger partial charge in [0.2, 0.25) is 0 Å². The van der Waals surface area contributed by atoms with E-state index in [0.29, 0.717) is 11.3 Å². The van der Waals surface area contributed by atoms with Gasteiger partial charge in [-0.1, -0.05) is 0 Å². The van der Waals surface area contributed by atoms with Crippen LogP contribution in [0.25, 0.3) is 0 Å². The van der Waals surface area contributed by atoms with Gasteiger partial charge >= 0.3 is 0 Å². The lowest BCUT2D eigenvalue weighted by Crippen LogP contribution is -2.43. The molecule has 0 saturated heterocycles. The zero-order chi connectivity index (χ0) is 12.8. The number of hydrogen-bond acceptors (Lipinski definition) is 5. The third-order valence-corrected chi connectivity index (χ3v) is 2.37. The van der Waals surface area contributed by atoms with Crippen LogP contribution in [0.2, 0.25) is 0 Å². The number of nitrogens with one attached hydrogen (secondary N) is 1. The van der Waals surface area contributed by atoms with E-state index in [1.807, 2.05) is 0 Å². The molecule has 1 amide bonds. The Balaban J connectivity index is 2.62. The SMILES string of the molecule is Nc1ccc(C(=O)NC(O)C(CO)CO)cc1. The summed E-state index contributed by atoms with van der Waals surface area (Å²) in [4.78, 5) is 11.6. The molecule has 0 bridgehead atoms. The van der Waals surface area contributed by atoms with E-state index in [2.05, 4.69) is 5.32 Å². The van der Waals surface area contributed by atoms with Crippen LogP contribution in [0, 0.1) is 5.92 Å². The lowest BCUT2D eigenvalue weighted by Gasteiger charge is -2.19. The summed E-state index contributed by atoms with van der Waals surface area (Å²) in [5.41, 5.74) is 6.35. The molecule has 0 saturated carbocycles. The average molecular weight is 240 g/mol. The van der Waals surface area contributed by atoms with E-state index >= 15 is 0 Å². The summed E-state index contributed by atoms with van der Waals surface area (Å²) in [6.07, 6.45) is -1.30. The molecular formula is C11H16N2O4. The Bertz CT molecular complexity index is 362. The molecular weight excluding hydrogens is 224 g/mol. The van der Waals surface area contributed by atoms with E-state index in [1.54, 1.807) is 12.1 Å². The standard InChI is InChI=1S/C11H16N2O4/c12-9-3-1-7(2-4-9)10(16)13-11(17)8(5-14)6-15/h1-4,8,11,14-15,17H,5-6,12H2,(H,13,16). The van der Waals surface area contributed by atoms with Crippen LogP contribution in [-0.2, 0) is 0 Å². The Labute approximate surface area is 98.7 Å². The van der Waals surface area contributed by atoms with Crippen LogP contribution in [0.5, 0.6) is 0 Å². The molecule has 0 fully saturated rings. The highest BCUT2D eigenvalue weighted by molar-refractivity contribution is 5.94. The van der Waals surface area contributed by atoms with Crippen molar-refractivity contribution in [2.75, 3.05) is 18.9 Å². The second-order valence-electron chi connectivity index (χ2n) is 3.67. The molecule has 0 aliphatic rings. The van der Waals surface area contributed by atoms with E-state index in [4.69, 9.17) is 15.9 Å². The maximum absolute atomic E-state index is 11.6. The molecule has 94 valence electrons. The van der Waals surface area contributed by atoms with Gasteiger partial charge in [-0.15, -0.1) is 0 Å². The lowest BCUT2D eigenvalue weighted by atomic mass is 10.1. The summed E-state index contributed by atoms with van der Waals surface area (Å²) >= 11 is 0. The van der Waals surface area contributed by atoms with Gasteiger partial charge in [-0.25, -0.2) is 0 Å². The highest BCUT2D eigenvalue weighted by Crippen LogP contribution is 2.06. The molecule has 0 heterocycles. The fraction of sp³-hybridized carbons (Fsp3) is 0.364. The highest BCUT2D eigenvalue weighted by Gasteiger charge is 2.19. The fourth-order valence-electron chi connectivity index (χ4n) is 1.23. The molecule has 0 aromatic heterocycles. The van der Waals surface area contributed by atoms with Crippen molar-refractivity contribution in [1.29, 1.82) is 0 Å². The number of aliphatic hydroxyl groups is 3. The number of amides is 1. The van der Waals surface area contributed by atoms with Gasteiger partial charge in [-0.2, -0.15) is 0 Å². The number of carbonyl (C=O) groups excluding carboxylic acids is 1. The smallest absolute Gasteiger partial charge is 0.253 e. The van der Waals surface area contributed by atoms with Crippen molar-refractivity contribution < 1.29 is 20.1 Å². The Morgan fingerprint density at radius 1 is 1.24 bits per heavy atom. The van der Waals surface area contributed by atoms with E-state index in [9.17, 15) is 9.90 Å². The Morgan fingerprint density at radius 3 is 2.24 bits per heavy atom. The number of rotatable bonds is 5. The number of hydrogen-bond donors (Lipinski definition) is 5. The van der Waals surface area contributed by atoms with Crippen LogP contribution < -0.4 is 11.1 Å². The molecule has 0 aliphatic carbocycles. The van der Waals surface area contributed by atoms with Crippen molar-refractivity contribution in [2.45, 2.75) is 6.23 Å². The van der Waals surface area contributed by atoms with Crippen molar-refractivity contribution >= 4 is 11.6 Å². The third-order valence-electron chi connectivity index (χ3n) is 2.37. The third kappa shape index (κ3) is 3.70.